The summed E-state index contributed by atoms with van der Waals surface area (Å²) in [5.74, 6) is 0.0990. The van der Waals surface area contributed by atoms with Gasteiger partial charge in [0, 0.05) is 19.0 Å². The molecular formula is C11H11F3NO2. The van der Waals surface area contributed by atoms with E-state index in [4.69, 9.17) is 4.74 Å². The molecule has 17 heavy (non-hydrogen) atoms. The van der Waals surface area contributed by atoms with E-state index in [2.05, 4.69) is 10.1 Å². The first-order chi connectivity index (χ1) is 8.04. The first kappa shape index (κ1) is 12.0. The molecular weight excluding hydrogens is 235 g/mol. The smallest absolute Gasteiger partial charge is 0.489 e. The summed E-state index contributed by atoms with van der Waals surface area (Å²) in [5, 5.41) is 4.00. The Morgan fingerprint density at radius 1 is 1.18 bits per heavy atom. The van der Waals surface area contributed by atoms with Crippen molar-refractivity contribution in [3.63, 3.8) is 0 Å². The molecule has 1 heterocycles. The van der Waals surface area contributed by atoms with Gasteiger partial charge in [-0.05, 0) is 12.1 Å². The van der Waals surface area contributed by atoms with E-state index < -0.39 is 6.36 Å². The second kappa shape index (κ2) is 4.83. The quantitative estimate of drug-likeness (QED) is 0.815. The normalized spacial score (nSPS) is 16.4. The van der Waals surface area contributed by atoms with Crippen molar-refractivity contribution in [2.24, 2.45) is 5.92 Å². The number of alkyl halides is 3. The van der Waals surface area contributed by atoms with Crippen molar-refractivity contribution in [2.75, 3.05) is 19.7 Å². The lowest BCUT2D eigenvalue weighted by molar-refractivity contribution is -0.275. The molecule has 0 amide bonds. The molecule has 1 aromatic rings. The molecule has 0 saturated carbocycles. The number of hydrogen-bond acceptors (Lipinski definition) is 2. The molecule has 6 heteroatoms. The van der Waals surface area contributed by atoms with Gasteiger partial charge in [-0.1, -0.05) is 12.1 Å². The fraction of sp³-hybridized carbons (Fsp3) is 0.455. The minimum Gasteiger partial charge on any atom is -0.489 e. The fourth-order valence-electron chi connectivity index (χ4n) is 1.40. The molecule has 0 N–H and O–H groups in total. The first-order valence-electron chi connectivity index (χ1n) is 5.15. The molecule has 1 aliphatic heterocycles. The molecule has 0 aliphatic carbocycles. The van der Waals surface area contributed by atoms with Crippen LogP contribution >= 0.6 is 0 Å². The molecule has 1 saturated heterocycles. The molecule has 0 unspecified atom stereocenters. The van der Waals surface area contributed by atoms with Crippen LogP contribution in [0.1, 0.15) is 0 Å². The molecule has 1 aromatic carbocycles. The molecule has 2 rings (SSSR count). The Kier molecular flexibility index (Phi) is 3.42. The molecule has 1 aliphatic rings. The zero-order valence-electron chi connectivity index (χ0n) is 8.91. The van der Waals surface area contributed by atoms with Gasteiger partial charge in [0.2, 0.25) is 0 Å². The van der Waals surface area contributed by atoms with E-state index in [1.54, 1.807) is 6.07 Å². The number of benzene rings is 1. The van der Waals surface area contributed by atoms with Crippen LogP contribution < -0.4 is 14.8 Å². The molecule has 1 fully saturated rings. The van der Waals surface area contributed by atoms with Gasteiger partial charge in [0.15, 0.2) is 11.5 Å². The van der Waals surface area contributed by atoms with E-state index in [9.17, 15) is 13.2 Å². The van der Waals surface area contributed by atoms with E-state index >= 15 is 0 Å². The third kappa shape index (κ3) is 3.52. The van der Waals surface area contributed by atoms with E-state index in [-0.39, 0.29) is 11.5 Å². The topological polar surface area (TPSA) is 32.6 Å². The van der Waals surface area contributed by atoms with Crippen molar-refractivity contribution in [3.05, 3.63) is 24.3 Å². The maximum atomic E-state index is 12.1. The highest BCUT2D eigenvalue weighted by atomic mass is 19.4. The third-order valence-electron chi connectivity index (χ3n) is 2.32. The molecule has 0 atom stereocenters. The molecule has 3 nitrogen and oxygen atoms in total. The first-order valence-corrected chi connectivity index (χ1v) is 5.15. The van der Waals surface area contributed by atoms with Gasteiger partial charge in [0.25, 0.3) is 0 Å². The van der Waals surface area contributed by atoms with Crippen molar-refractivity contribution in [3.8, 4) is 11.5 Å². The van der Waals surface area contributed by atoms with Gasteiger partial charge in [-0.25, -0.2) is 5.32 Å². The summed E-state index contributed by atoms with van der Waals surface area (Å²) in [6.07, 6.45) is -4.70. The Hall–Kier alpha value is -1.43. The van der Waals surface area contributed by atoms with Crippen LogP contribution in [0, 0.1) is 5.92 Å². The maximum Gasteiger partial charge on any atom is 0.573 e. The van der Waals surface area contributed by atoms with E-state index in [1.165, 1.54) is 18.2 Å². The SMILES string of the molecule is FC(F)(F)Oc1ccccc1OCC1C[N]C1. The van der Waals surface area contributed by atoms with Crippen molar-refractivity contribution in [2.45, 2.75) is 6.36 Å². The summed E-state index contributed by atoms with van der Waals surface area (Å²) >= 11 is 0. The third-order valence-corrected chi connectivity index (χ3v) is 2.32. The number of halogens is 3. The average Bonchev–Trinajstić information content (AvgIpc) is 2.16. The van der Waals surface area contributed by atoms with Gasteiger partial charge in [-0.3, -0.25) is 0 Å². The van der Waals surface area contributed by atoms with Crippen LogP contribution in [0.3, 0.4) is 0 Å². The van der Waals surface area contributed by atoms with Crippen LogP contribution in [0.4, 0.5) is 13.2 Å². The lowest BCUT2D eigenvalue weighted by Gasteiger charge is -2.25. The zero-order valence-corrected chi connectivity index (χ0v) is 8.91. The Bertz CT molecular complexity index is 377. The largest absolute Gasteiger partial charge is 0.573 e. The van der Waals surface area contributed by atoms with Gasteiger partial charge in [0.05, 0.1) is 6.61 Å². The summed E-state index contributed by atoms with van der Waals surface area (Å²) in [4.78, 5) is 0. The number of ether oxygens (including phenoxy) is 2. The average molecular weight is 246 g/mol. The zero-order chi connectivity index (χ0) is 12.3. The monoisotopic (exact) mass is 246 g/mol. The summed E-state index contributed by atoms with van der Waals surface area (Å²) in [6, 6.07) is 5.75. The molecule has 0 aromatic heterocycles. The number of hydrogen-bond donors (Lipinski definition) is 0. The van der Waals surface area contributed by atoms with Crippen LogP contribution in [-0.4, -0.2) is 26.1 Å². The Balaban J connectivity index is 1.99. The van der Waals surface area contributed by atoms with Crippen molar-refractivity contribution in [1.82, 2.24) is 5.32 Å². The van der Waals surface area contributed by atoms with Crippen molar-refractivity contribution < 1.29 is 22.6 Å². The van der Waals surface area contributed by atoms with E-state index in [1.807, 2.05) is 0 Å². The van der Waals surface area contributed by atoms with Crippen LogP contribution in [0.5, 0.6) is 11.5 Å². The van der Waals surface area contributed by atoms with Gasteiger partial charge < -0.3 is 9.47 Å². The van der Waals surface area contributed by atoms with E-state index in [0.29, 0.717) is 25.6 Å². The van der Waals surface area contributed by atoms with Crippen LogP contribution in [0.25, 0.3) is 0 Å². The number of rotatable bonds is 4. The lowest BCUT2D eigenvalue weighted by Crippen LogP contribution is -2.39. The number of para-hydroxylation sites is 2. The van der Waals surface area contributed by atoms with Crippen molar-refractivity contribution >= 4 is 0 Å². The van der Waals surface area contributed by atoms with Crippen LogP contribution in [0.15, 0.2) is 24.3 Å². The second-order valence-electron chi connectivity index (χ2n) is 3.76. The van der Waals surface area contributed by atoms with Gasteiger partial charge >= 0.3 is 6.36 Å². The summed E-state index contributed by atoms with van der Waals surface area (Å²) in [5.41, 5.74) is 0. The summed E-state index contributed by atoms with van der Waals surface area (Å²) < 4.78 is 45.5. The Labute approximate surface area is 96.5 Å². The van der Waals surface area contributed by atoms with Crippen LogP contribution in [-0.2, 0) is 0 Å². The fourth-order valence-corrected chi connectivity index (χ4v) is 1.40. The summed E-state index contributed by atoms with van der Waals surface area (Å²) in [6.45, 7) is 1.78. The highest BCUT2D eigenvalue weighted by molar-refractivity contribution is 5.39. The standard InChI is InChI=1S/C11H11F3NO2/c12-11(13,14)17-10-4-2-1-3-9(10)16-7-8-5-15-6-8/h1-4,8H,5-7H2. The predicted molar refractivity (Wildman–Crippen MR) is 54.0 cm³/mol. The highest BCUT2D eigenvalue weighted by Crippen LogP contribution is 2.32. The second-order valence-corrected chi connectivity index (χ2v) is 3.76. The van der Waals surface area contributed by atoms with Crippen molar-refractivity contribution in [1.29, 1.82) is 0 Å². The minimum atomic E-state index is -4.70. The Morgan fingerprint density at radius 3 is 2.35 bits per heavy atom. The van der Waals surface area contributed by atoms with Gasteiger partial charge in [0.1, 0.15) is 0 Å². The lowest BCUT2D eigenvalue weighted by atomic mass is 10.1. The van der Waals surface area contributed by atoms with E-state index in [0.717, 1.165) is 0 Å². The maximum absolute atomic E-state index is 12.1. The molecule has 0 bridgehead atoms. The van der Waals surface area contributed by atoms with Crippen LogP contribution in [0.2, 0.25) is 0 Å². The Morgan fingerprint density at radius 2 is 1.82 bits per heavy atom. The summed E-state index contributed by atoms with van der Waals surface area (Å²) in [7, 11) is 0. The molecule has 1 radical (unpaired) electrons. The predicted octanol–water partition coefficient (Wildman–Crippen LogP) is 2.20. The van der Waals surface area contributed by atoms with Gasteiger partial charge in [-0.2, -0.15) is 0 Å². The number of nitrogens with zero attached hydrogens (tertiary/aromatic N) is 1. The van der Waals surface area contributed by atoms with Gasteiger partial charge in [-0.15, -0.1) is 13.2 Å². The minimum absolute atomic E-state index is 0.108. The molecule has 93 valence electrons. The molecule has 0 spiro atoms. The highest BCUT2D eigenvalue weighted by Gasteiger charge is 2.32.